The highest BCUT2D eigenvalue weighted by atomic mass is 32.2. The zero-order chi connectivity index (χ0) is 16.9. The number of nitro groups is 1. The highest BCUT2D eigenvalue weighted by molar-refractivity contribution is 8.00. The molecule has 0 saturated heterocycles. The molecule has 1 aromatic rings. The van der Waals surface area contributed by atoms with Crippen molar-refractivity contribution in [3.05, 3.63) is 39.4 Å². The molecular weight excluding hydrogens is 308 g/mol. The normalized spacial score (nSPS) is 11.0. The summed E-state index contributed by atoms with van der Waals surface area (Å²) in [6.07, 6.45) is 0. The van der Waals surface area contributed by atoms with E-state index in [9.17, 15) is 19.7 Å². The lowest BCUT2D eigenvalue weighted by Crippen LogP contribution is -2.27. The minimum Gasteiger partial charge on any atom is -0.478 e. The zero-order valence-corrected chi connectivity index (χ0v) is 13.4. The number of carbonyl (C=O) groups is 2. The quantitative estimate of drug-likeness (QED) is 0.472. The fraction of sp³-hybridized carbons (Fsp3) is 0.429. The van der Waals surface area contributed by atoms with Gasteiger partial charge in [0.15, 0.2) is 0 Å². The van der Waals surface area contributed by atoms with E-state index in [1.807, 2.05) is 0 Å². The van der Waals surface area contributed by atoms with Gasteiger partial charge in [0.2, 0.25) is 0 Å². The summed E-state index contributed by atoms with van der Waals surface area (Å²) < 4.78 is 0.0761. The van der Waals surface area contributed by atoms with Crippen molar-refractivity contribution >= 4 is 29.3 Å². The summed E-state index contributed by atoms with van der Waals surface area (Å²) in [5.74, 6) is -1.16. The molecule has 22 heavy (non-hydrogen) atoms. The minimum atomic E-state index is -1.32. The second kappa shape index (κ2) is 7.26. The van der Waals surface area contributed by atoms with Gasteiger partial charge in [-0.15, -0.1) is 0 Å². The average Bonchev–Trinajstić information content (AvgIpc) is 2.41. The van der Waals surface area contributed by atoms with Crippen LogP contribution in [-0.4, -0.2) is 39.0 Å². The van der Waals surface area contributed by atoms with Gasteiger partial charge >= 0.3 is 5.97 Å². The number of carbonyl (C=O) groups excluding carboxylic acids is 1. The lowest BCUT2D eigenvalue weighted by Gasteiger charge is -2.17. The second-order valence-corrected chi connectivity index (χ2v) is 7.47. The maximum atomic E-state index is 12.0. The van der Waals surface area contributed by atoms with Crippen molar-refractivity contribution in [1.29, 1.82) is 0 Å². The third kappa shape index (κ3) is 5.72. The molecule has 120 valence electrons. The summed E-state index contributed by atoms with van der Waals surface area (Å²) in [5, 5.41) is 22.4. The smallest absolute Gasteiger partial charge is 0.335 e. The van der Waals surface area contributed by atoms with E-state index in [1.165, 1.54) is 0 Å². The third-order valence-electron chi connectivity index (χ3n) is 2.56. The maximum absolute atomic E-state index is 12.0. The van der Waals surface area contributed by atoms with Gasteiger partial charge < -0.3 is 10.4 Å². The minimum absolute atomic E-state index is 0.0349. The molecular formula is C14H18N2O5S. The van der Waals surface area contributed by atoms with Crippen LogP contribution < -0.4 is 5.32 Å². The van der Waals surface area contributed by atoms with Crippen molar-refractivity contribution in [1.82, 2.24) is 5.32 Å². The van der Waals surface area contributed by atoms with Crippen LogP contribution in [0, 0.1) is 10.1 Å². The average molecular weight is 326 g/mol. The number of nitrogens with one attached hydrogen (secondary N) is 1. The largest absolute Gasteiger partial charge is 0.478 e. The Morgan fingerprint density at radius 3 is 2.36 bits per heavy atom. The Hall–Kier alpha value is -2.09. The van der Waals surface area contributed by atoms with E-state index in [2.05, 4.69) is 26.1 Å². The molecule has 0 bridgehead atoms. The van der Waals surface area contributed by atoms with Gasteiger partial charge in [-0.1, -0.05) is 20.8 Å². The number of carboxylic acid groups (broad SMARTS) is 1. The standard InChI is InChI=1S/C14H18N2O5S/c1-14(2,3)22-5-4-15-12(17)9-6-10(13(18)19)8-11(7-9)16(20)21/h6-8H,4-5H2,1-3H3,(H,15,17)(H,18,19). The number of benzene rings is 1. The van der Waals surface area contributed by atoms with Crippen LogP contribution in [0.4, 0.5) is 5.69 Å². The van der Waals surface area contributed by atoms with E-state index in [0.717, 1.165) is 18.2 Å². The van der Waals surface area contributed by atoms with E-state index >= 15 is 0 Å². The van der Waals surface area contributed by atoms with E-state index in [4.69, 9.17) is 5.11 Å². The lowest BCUT2D eigenvalue weighted by molar-refractivity contribution is -0.384. The van der Waals surface area contributed by atoms with Crippen LogP contribution in [0.1, 0.15) is 41.5 Å². The highest BCUT2D eigenvalue weighted by Crippen LogP contribution is 2.22. The van der Waals surface area contributed by atoms with Gasteiger partial charge in [0.25, 0.3) is 11.6 Å². The number of carboxylic acids is 1. The summed E-state index contributed by atoms with van der Waals surface area (Å²) in [6.45, 7) is 6.56. The molecule has 1 amide bonds. The lowest BCUT2D eigenvalue weighted by atomic mass is 10.1. The molecule has 2 N–H and O–H groups in total. The molecule has 0 spiro atoms. The van der Waals surface area contributed by atoms with E-state index in [-0.39, 0.29) is 15.9 Å². The van der Waals surface area contributed by atoms with Crippen molar-refractivity contribution in [2.75, 3.05) is 12.3 Å². The predicted octanol–water partition coefficient (Wildman–Crippen LogP) is 2.55. The Morgan fingerprint density at radius 2 is 1.86 bits per heavy atom. The first-order valence-electron chi connectivity index (χ1n) is 6.55. The van der Waals surface area contributed by atoms with Crippen LogP contribution in [-0.2, 0) is 0 Å². The number of nitrogens with zero attached hydrogens (tertiary/aromatic N) is 1. The number of non-ortho nitro benzene ring substituents is 1. The van der Waals surface area contributed by atoms with Gasteiger partial charge in [-0.3, -0.25) is 14.9 Å². The summed E-state index contributed by atoms with van der Waals surface area (Å²) in [7, 11) is 0. The van der Waals surface area contributed by atoms with Gasteiger partial charge in [-0.25, -0.2) is 4.79 Å². The Kier molecular flexibility index (Phi) is 5.92. The molecule has 8 heteroatoms. The summed E-state index contributed by atoms with van der Waals surface area (Å²) in [6, 6.07) is 3.12. The second-order valence-electron chi connectivity index (χ2n) is 5.55. The first-order valence-corrected chi connectivity index (χ1v) is 7.53. The summed E-state index contributed by atoms with van der Waals surface area (Å²) >= 11 is 1.67. The molecule has 0 fully saturated rings. The topological polar surface area (TPSA) is 110 Å². The van der Waals surface area contributed by atoms with Gasteiger partial charge in [-0.2, -0.15) is 11.8 Å². The number of hydrogen-bond donors (Lipinski definition) is 2. The first kappa shape index (κ1) is 18.0. The number of rotatable bonds is 6. The fourth-order valence-electron chi connectivity index (χ4n) is 1.59. The van der Waals surface area contributed by atoms with Gasteiger partial charge in [0.05, 0.1) is 10.5 Å². The molecule has 0 aliphatic heterocycles. The Morgan fingerprint density at radius 1 is 1.27 bits per heavy atom. The number of hydrogen-bond acceptors (Lipinski definition) is 5. The van der Waals surface area contributed by atoms with Crippen molar-refractivity contribution in [2.45, 2.75) is 25.5 Å². The molecule has 7 nitrogen and oxygen atoms in total. The van der Waals surface area contributed by atoms with Crippen molar-refractivity contribution < 1.29 is 19.6 Å². The van der Waals surface area contributed by atoms with Crippen LogP contribution in [0.3, 0.4) is 0 Å². The number of aromatic carboxylic acids is 1. The van der Waals surface area contributed by atoms with Gasteiger partial charge in [0.1, 0.15) is 0 Å². The van der Waals surface area contributed by atoms with Gasteiger partial charge in [0, 0.05) is 34.7 Å². The molecule has 0 unspecified atom stereocenters. The van der Waals surface area contributed by atoms with Crippen LogP contribution >= 0.6 is 11.8 Å². The zero-order valence-electron chi connectivity index (χ0n) is 12.6. The first-order chi connectivity index (χ1) is 10.1. The van der Waals surface area contributed by atoms with E-state index in [0.29, 0.717) is 12.3 Å². The Labute approximate surface area is 132 Å². The SMILES string of the molecule is CC(C)(C)SCCNC(=O)c1cc(C(=O)O)cc([N+](=O)[O-])c1. The monoisotopic (exact) mass is 326 g/mol. The number of amides is 1. The number of nitro benzene ring substituents is 1. The van der Waals surface area contributed by atoms with Crippen LogP contribution in [0.2, 0.25) is 0 Å². The van der Waals surface area contributed by atoms with Gasteiger partial charge in [-0.05, 0) is 6.07 Å². The van der Waals surface area contributed by atoms with Crippen LogP contribution in [0.5, 0.6) is 0 Å². The molecule has 0 aliphatic rings. The van der Waals surface area contributed by atoms with Crippen LogP contribution in [0.25, 0.3) is 0 Å². The molecule has 0 saturated carbocycles. The van der Waals surface area contributed by atoms with E-state index in [1.54, 1.807) is 11.8 Å². The maximum Gasteiger partial charge on any atom is 0.335 e. The number of thioether (sulfide) groups is 1. The molecule has 1 rings (SSSR count). The Balaban J connectivity index is 2.80. The van der Waals surface area contributed by atoms with Crippen molar-refractivity contribution in [3.8, 4) is 0 Å². The molecule has 0 aliphatic carbocycles. The van der Waals surface area contributed by atoms with Crippen molar-refractivity contribution in [2.24, 2.45) is 0 Å². The van der Waals surface area contributed by atoms with E-state index < -0.39 is 22.5 Å². The predicted molar refractivity (Wildman–Crippen MR) is 84.6 cm³/mol. The summed E-state index contributed by atoms with van der Waals surface area (Å²) in [5.41, 5.74) is -0.745. The van der Waals surface area contributed by atoms with Crippen molar-refractivity contribution in [3.63, 3.8) is 0 Å². The Bertz CT molecular complexity index is 563. The third-order valence-corrected chi connectivity index (χ3v) is 3.83. The molecule has 0 radical (unpaired) electrons. The summed E-state index contributed by atoms with van der Waals surface area (Å²) in [4.78, 5) is 33.0. The highest BCUT2D eigenvalue weighted by Gasteiger charge is 2.17. The van der Waals surface area contributed by atoms with Crippen LogP contribution in [0.15, 0.2) is 18.2 Å². The molecule has 0 aromatic heterocycles. The molecule has 1 aromatic carbocycles. The molecule has 0 atom stereocenters. The fourth-order valence-corrected chi connectivity index (χ4v) is 2.41. The molecule has 0 heterocycles.